The summed E-state index contributed by atoms with van der Waals surface area (Å²) in [6.07, 6.45) is 0.315. The van der Waals surface area contributed by atoms with Crippen molar-refractivity contribution in [2.45, 2.75) is 45.7 Å². The van der Waals surface area contributed by atoms with E-state index in [1.54, 1.807) is 14.0 Å². The highest BCUT2D eigenvalue weighted by Gasteiger charge is 2.21. The first-order valence-electron chi connectivity index (χ1n) is 7.07. The van der Waals surface area contributed by atoms with E-state index in [4.69, 9.17) is 0 Å². The van der Waals surface area contributed by atoms with Crippen LogP contribution in [0, 0.1) is 11.6 Å². The number of rotatable bonds is 5. The van der Waals surface area contributed by atoms with Crippen molar-refractivity contribution in [3.05, 3.63) is 35.4 Å². The van der Waals surface area contributed by atoms with Crippen molar-refractivity contribution in [3.8, 4) is 0 Å². The molecule has 0 saturated carbocycles. The standard InChI is InChI=1S/C16H24F2N2O/c1-11(13-10-12(17)6-7-14(13)18)20(5)15(21)8-9-19-16(2,3)4/h6-7,10-11,19H,8-9H2,1-5H3. The SMILES string of the molecule is CC(c1cc(F)ccc1F)N(C)C(=O)CCNC(C)(C)C. The molecule has 3 nitrogen and oxygen atoms in total. The number of carbonyl (C=O) groups excluding carboxylic acids is 1. The molecule has 0 fully saturated rings. The topological polar surface area (TPSA) is 32.3 Å². The van der Waals surface area contributed by atoms with Crippen LogP contribution in [-0.2, 0) is 4.79 Å². The van der Waals surface area contributed by atoms with Gasteiger partial charge in [-0.05, 0) is 45.9 Å². The molecule has 1 N–H and O–H groups in total. The molecule has 1 rings (SSSR count). The molecule has 0 aliphatic rings. The van der Waals surface area contributed by atoms with Crippen LogP contribution in [-0.4, -0.2) is 29.9 Å². The molecular formula is C16H24F2N2O. The summed E-state index contributed by atoms with van der Waals surface area (Å²) >= 11 is 0. The van der Waals surface area contributed by atoms with E-state index < -0.39 is 17.7 Å². The van der Waals surface area contributed by atoms with Crippen molar-refractivity contribution < 1.29 is 13.6 Å². The van der Waals surface area contributed by atoms with Gasteiger partial charge in [-0.15, -0.1) is 0 Å². The zero-order valence-corrected chi connectivity index (χ0v) is 13.3. The van der Waals surface area contributed by atoms with Crippen LogP contribution in [0.3, 0.4) is 0 Å². The minimum Gasteiger partial charge on any atom is -0.339 e. The minimum absolute atomic E-state index is 0.0564. The highest BCUT2D eigenvalue weighted by Crippen LogP contribution is 2.23. The van der Waals surface area contributed by atoms with Crippen LogP contribution < -0.4 is 5.32 Å². The van der Waals surface area contributed by atoms with Gasteiger partial charge >= 0.3 is 0 Å². The third-order valence-electron chi connectivity index (χ3n) is 3.38. The van der Waals surface area contributed by atoms with Gasteiger partial charge in [-0.1, -0.05) is 0 Å². The van der Waals surface area contributed by atoms with Gasteiger partial charge in [0.15, 0.2) is 0 Å². The largest absolute Gasteiger partial charge is 0.339 e. The lowest BCUT2D eigenvalue weighted by molar-refractivity contribution is -0.131. The van der Waals surface area contributed by atoms with Crippen molar-refractivity contribution in [2.24, 2.45) is 0 Å². The smallest absolute Gasteiger partial charge is 0.224 e. The fourth-order valence-electron chi connectivity index (χ4n) is 1.98. The lowest BCUT2D eigenvalue weighted by atomic mass is 10.1. The average Bonchev–Trinajstić information content (AvgIpc) is 2.38. The first kappa shape index (κ1) is 17.6. The van der Waals surface area contributed by atoms with Gasteiger partial charge < -0.3 is 10.2 Å². The molecule has 0 heterocycles. The molecule has 0 radical (unpaired) electrons. The first-order valence-corrected chi connectivity index (χ1v) is 7.07. The molecule has 0 aromatic heterocycles. The van der Waals surface area contributed by atoms with Crippen LogP contribution in [0.5, 0.6) is 0 Å². The van der Waals surface area contributed by atoms with E-state index >= 15 is 0 Å². The average molecular weight is 298 g/mol. The van der Waals surface area contributed by atoms with E-state index in [0.717, 1.165) is 18.2 Å². The normalized spacial score (nSPS) is 13.1. The summed E-state index contributed by atoms with van der Waals surface area (Å²) in [5, 5.41) is 3.23. The summed E-state index contributed by atoms with van der Waals surface area (Å²) in [6, 6.07) is 2.78. The highest BCUT2D eigenvalue weighted by molar-refractivity contribution is 5.76. The van der Waals surface area contributed by atoms with Gasteiger partial charge in [0, 0.05) is 31.1 Å². The van der Waals surface area contributed by atoms with Crippen molar-refractivity contribution in [1.82, 2.24) is 10.2 Å². The molecule has 0 saturated heterocycles. The first-order chi connectivity index (χ1) is 9.61. The fourth-order valence-corrected chi connectivity index (χ4v) is 1.98. The molecule has 0 aliphatic carbocycles. The van der Waals surface area contributed by atoms with Crippen LogP contribution in [0.25, 0.3) is 0 Å². The molecule has 1 aromatic carbocycles. The van der Waals surface area contributed by atoms with E-state index in [-0.39, 0.29) is 17.0 Å². The lowest BCUT2D eigenvalue weighted by Crippen LogP contribution is -2.39. The van der Waals surface area contributed by atoms with Crippen LogP contribution >= 0.6 is 0 Å². The summed E-state index contributed by atoms with van der Waals surface area (Å²) in [6.45, 7) is 8.29. The molecule has 1 aromatic rings. The molecule has 1 atom stereocenters. The summed E-state index contributed by atoms with van der Waals surface area (Å²) in [5.74, 6) is -1.12. The fraction of sp³-hybridized carbons (Fsp3) is 0.562. The Balaban J connectivity index is 2.67. The van der Waals surface area contributed by atoms with Gasteiger partial charge in [-0.25, -0.2) is 8.78 Å². The summed E-state index contributed by atoms with van der Waals surface area (Å²) in [7, 11) is 1.61. The number of amides is 1. The Bertz CT molecular complexity index is 498. The molecule has 118 valence electrons. The van der Waals surface area contributed by atoms with Gasteiger partial charge in [-0.2, -0.15) is 0 Å². The third-order valence-corrected chi connectivity index (χ3v) is 3.38. The number of halogens is 2. The molecule has 0 aliphatic heterocycles. The maximum Gasteiger partial charge on any atom is 0.224 e. The van der Waals surface area contributed by atoms with Crippen molar-refractivity contribution in [3.63, 3.8) is 0 Å². The molecule has 21 heavy (non-hydrogen) atoms. The number of nitrogens with zero attached hydrogens (tertiary/aromatic N) is 1. The number of hydrogen-bond acceptors (Lipinski definition) is 2. The second kappa shape index (κ2) is 6.98. The summed E-state index contributed by atoms with van der Waals surface area (Å²) in [4.78, 5) is 13.6. The van der Waals surface area contributed by atoms with E-state index in [9.17, 15) is 13.6 Å². The van der Waals surface area contributed by atoms with Crippen LogP contribution in [0.1, 0.15) is 45.7 Å². The molecule has 0 bridgehead atoms. The highest BCUT2D eigenvalue weighted by atomic mass is 19.1. The van der Waals surface area contributed by atoms with Gasteiger partial charge in [0.2, 0.25) is 5.91 Å². The number of carbonyl (C=O) groups is 1. The van der Waals surface area contributed by atoms with E-state index in [1.165, 1.54) is 4.90 Å². The Kier molecular flexibility index (Phi) is 5.84. The molecule has 1 amide bonds. The second-order valence-electron chi connectivity index (χ2n) is 6.27. The van der Waals surface area contributed by atoms with Crippen LogP contribution in [0.2, 0.25) is 0 Å². The Morgan fingerprint density at radius 3 is 2.52 bits per heavy atom. The van der Waals surface area contributed by atoms with Gasteiger partial charge in [0.05, 0.1) is 6.04 Å². The molecule has 0 spiro atoms. The zero-order valence-electron chi connectivity index (χ0n) is 13.3. The Hall–Kier alpha value is -1.49. The summed E-state index contributed by atoms with van der Waals surface area (Å²) < 4.78 is 27.0. The van der Waals surface area contributed by atoms with Crippen LogP contribution in [0.15, 0.2) is 18.2 Å². The maximum absolute atomic E-state index is 13.7. The van der Waals surface area contributed by atoms with Crippen molar-refractivity contribution >= 4 is 5.91 Å². The van der Waals surface area contributed by atoms with E-state index in [0.29, 0.717) is 13.0 Å². The van der Waals surface area contributed by atoms with Gasteiger partial charge in [-0.3, -0.25) is 4.79 Å². The maximum atomic E-state index is 13.7. The molecular weight excluding hydrogens is 274 g/mol. The number of benzene rings is 1. The Morgan fingerprint density at radius 2 is 1.95 bits per heavy atom. The number of nitrogens with one attached hydrogen (secondary N) is 1. The van der Waals surface area contributed by atoms with Gasteiger partial charge in [0.1, 0.15) is 11.6 Å². The quantitative estimate of drug-likeness (QED) is 0.905. The van der Waals surface area contributed by atoms with E-state index in [2.05, 4.69) is 5.32 Å². The molecule has 1 unspecified atom stereocenters. The third kappa shape index (κ3) is 5.42. The van der Waals surface area contributed by atoms with Gasteiger partial charge in [0.25, 0.3) is 0 Å². The van der Waals surface area contributed by atoms with Crippen molar-refractivity contribution in [1.29, 1.82) is 0 Å². The molecule has 5 heteroatoms. The lowest BCUT2D eigenvalue weighted by Gasteiger charge is -2.27. The summed E-state index contributed by atoms with van der Waals surface area (Å²) in [5.41, 5.74) is 0.133. The van der Waals surface area contributed by atoms with E-state index in [1.807, 2.05) is 20.8 Å². The van der Waals surface area contributed by atoms with Crippen molar-refractivity contribution in [2.75, 3.05) is 13.6 Å². The monoisotopic (exact) mass is 298 g/mol. The Morgan fingerprint density at radius 1 is 1.33 bits per heavy atom. The predicted octanol–water partition coefficient (Wildman–Crippen LogP) is 3.26. The van der Waals surface area contributed by atoms with Crippen LogP contribution in [0.4, 0.5) is 8.78 Å². The predicted molar refractivity (Wildman–Crippen MR) is 79.9 cm³/mol. The minimum atomic E-state index is -0.511. The zero-order chi connectivity index (χ0) is 16.2. The second-order valence-corrected chi connectivity index (χ2v) is 6.27. The Labute approximate surface area is 125 Å². The number of hydrogen-bond donors (Lipinski definition) is 1.